The van der Waals surface area contributed by atoms with E-state index >= 15 is 0 Å². The van der Waals surface area contributed by atoms with Crippen molar-refractivity contribution in [3.63, 3.8) is 0 Å². The number of hydrogen-bond acceptors (Lipinski definition) is 3. The maximum Gasteiger partial charge on any atom is 0.191 e. The van der Waals surface area contributed by atoms with Crippen LogP contribution >= 0.6 is 22.6 Å². The molecule has 0 aromatic carbocycles. The van der Waals surface area contributed by atoms with Crippen LogP contribution in [0.2, 0.25) is 18.1 Å². The molecular formula is C17H35IO3Si. The van der Waals surface area contributed by atoms with Gasteiger partial charge in [0.2, 0.25) is 0 Å². The lowest BCUT2D eigenvalue weighted by atomic mass is 9.93. The Bertz CT molecular complexity index is 346. The van der Waals surface area contributed by atoms with Crippen LogP contribution in [0.3, 0.4) is 0 Å². The van der Waals surface area contributed by atoms with Crippen molar-refractivity contribution in [1.29, 1.82) is 0 Å². The predicted molar refractivity (Wildman–Crippen MR) is 106 cm³/mol. The summed E-state index contributed by atoms with van der Waals surface area (Å²) in [5, 5.41) is 0.236. The molecule has 0 aliphatic rings. The summed E-state index contributed by atoms with van der Waals surface area (Å²) in [6, 6.07) is 0. The van der Waals surface area contributed by atoms with Gasteiger partial charge in [0, 0.05) is 25.6 Å². The fourth-order valence-electron chi connectivity index (χ4n) is 2.09. The van der Waals surface area contributed by atoms with Gasteiger partial charge in [-0.3, -0.25) is 0 Å². The first-order chi connectivity index (χ1) is 9.92. The Labute approximate surface area is 152 Å². The summed E-state index contributed by atoms with van der Waals surface area (Å²) < 4.78 is 18.7. The second kappa shape index (κ2) is 9.76. The maximum atomic E-state index is 6.37. The SMILES string of the molecule is COCO[C@@H](C(C)CO[Si](C)(C)C(C)(C)C)[C@@H](C)/C=C(/C)I. The lowest BCUT2D eigenvalue weighted by Gasteiger charge is -2.38. The number of ether oxygens (including phenoxy) is 2. The quantitative estimate of drug-likeness (QED) is 0.264. The van der Waals surface area contributed by atoms with Crippen LogP contribution in [0.5, 0.6) is 0 Å². The average molecular weight is 442 g/mol. The van der Waals surface area contributed by atoms with E-state index in [2.05, 4.69) is 83.3 Å². The standard InChI is InChI=1S/C17H35IO3Si/c1-13(10-15(3)18)16(20-12-19-7)14(2)11-21-22(8,9)17(4,5)6/h10,13-14,16H,11-12H2,1-9H3/b15-10-/t13-,14?,16+/m0/s1. The van der Waals surface area contributed by atoms with Crippen molar-refractivity contribution < 1.29 is 13.9 Å². The summed E-state index contributed by atoms with van der Waals surface area (Å²) in [4.78, 5) is 0. The van der Waals surface area contributed by atoms with Gasteiger partial charge in [-0.1, -0.05) is 40.7 Å². The van der Waals surface area contributed by atoms with Crippen LogP contribution in [0.1, 0.15) is 41.5 Å². The van der Waals surface area contributed by atoms with Crippen LogP contribution in [-0.4, -0.2) is 34.9 Å². The van der Waals surface area contributed by atoms with Crippen LogP contribution in [-0.2, 0) is 13.9 Å². The van der Waals surface area contributed by atoms with Gasteiger partial charge in [0.1, 0.15) is 6.79 Å². The minimum absolute atomic E-state index is 0.106. The zero-order chi connectivity index (χ0) is 17.6. The highest BCUT2D eigenvalue weighted by Crippen LogP contribution is 2.37. The molecule has 0 aromatic rings. The molecule has 132 valence electrons. The highest BCUT2D eigenvalue weighted by molar-refractivity contribution is 14.1. The van der Waals surface area contributed by atoms with Crippen molar-refractivity contribution in [3.05, 3.63) is 9.66 Å². The first-order valence-electron chi connectivity index (χ1n) is 8.00. The van der Waals surface area contributed by atoms with E-state index in [9.17, 15) is 0 Å². The van der Waals surface area contributed by atoms with E-state index in [0.717, 1.165) is 6.61 Å². The topological polar surface area (TPSA) is 27.7 Å². The summed E-state index contributed by atoms with van der Waals surface area (Å²) >= 11 is 2.35. The third kappa shape index (κ3) is 7.90. The molecule has 0 heterocycles. The van der Waals surface area contributed by atoms with Crippen LogP contribution < -0.4 is 0 Å². The first kappa shape index (κ1) is 22.6. The van der Waals surface area contributed by atoms with Gasteiger partial charge in [-0.05, 0) is 51.2 Å². The Morgan fingerprint density at radius 3 is 2.18 bits per heavy atom. The molecule has 0 aliphatic heterocycles. The van der Waals surface area contributed by atoms with Crippen molar-refractivity contribution in [1.82, 2.24) is 0 Å². The van der Waals surface area contributed by atoms with E-state index in [-0.39, 0.29) is 11.1 Å². The second-order valence-corrected chi connectivity index (χ2v) is 14.2. The lowest BCUT2D eigenvalue weighted by Crippen LogP contribution is -2.43. The van der Waals surface area contributed by atoms with E-state index in [0.29, 0.717) is 18.6 Å². The molecule has 0 bridgehead atoms. The Hall–Kier alpha value is 0.567. The highest BCUT2D eigenvalue weighted by Gasteiger charge is 2.38. The minimum Gasteiger partial charge on any atom is -0.416 e. The summed E-state index contributed by atoms with van der Waals surface area (Å²) in [6.45, 7) is 19.0. The number of halogens is 1. The summed E-state index contributed by atoms with van der Waals surface area (Å²) in [5.41, 5.74) is 0. The third-order valence-electron chi connectivity index (χ3n) is 4.46. The number of allylic oxidation sites excluding steroid dienone is 1. The van der Waals surface area contributed by atoms with Crippen LogP contribution in [0.4, 0.5) is 0 Å². The minimum atomic E-state index is -1.72. The summed E-state index contributed by atoms with van der Waals surface area (Å²) in [7, 11) is -0.0507. The van der Waals surface area contributed by atoms with Crippen LogP contribution in [0, 0.1) is 11.8 Å². The van der Waals surface area contributed by atoms with E-state index in [1.54, 1.807) is 7.11 Å². The van der Waals surface area contributed by atoms with Gasteiger partial charge < -0.3 is 13.9 Å². The van der Waals surface area contributed by atoms with Crippen LogP contribution in [0.15, 0.2) is 9.66 Å². The smallest absolute Gasteiger partial charge is 0.191 e. The largest absolute Gasteiger partial charge is 0.416 e. The zero-order valence-corrected chi connectivity index (χ0v) is 19.0. The highest BCUT2D eigenvalue weighted by atomic mass is 127. The van der Waals surface area contributed by atoms with Gasteiger partial charge >= 0.3 is 0 Å². The molecule has 0 aliphatic carbocycles. The molecule has 3 nitrogen and oxygen atoms in total. The van der Waals surface area contributed by atoms with Crippen molar-refractivity contribution in [2.24, 2.45) is 11.8 Å². The predicted octanol–water partition coefficient (Wildman–Crippen LogP) is 5.61. The number of rotatable bonds is 9. The lowest BCUT2D eigenvalue weighted by molar-refractivity contribution is -0.106. The van der Waals surface area contributed by atoms with Crippen molar-refractivity contribution in [2.45, 2.75) is 65.8 Å². The van der Waals surface area contributed by atoms with Gasteiger partial charge in [0.15, 0.2) is 8.32 Å². The second-order valence-electron chi connectivity index (χ2n) is 7.70. The zero-order valence-electron chi connectivity index (χ0n) is 15.8. The molecule has 22 heavy (non-hydrogen) atoms. The first-order valence-corrected chi connectivity index (χ1v) is 12.0. The molecule has 0 spiro atoms. The fourth-order valence-corrected chi connectivity index (χ4v) is 3.77. The molecule has 0 aromatic heterocycles. The average Bonchev–Trinajstić information content (AvgIpc) is 2.34. The normalized spacial score (nSPS) is 18.2. The Kier molecular flexibility index (Phi) is 10.0. The molecule has 0 saturated carbocycles. The Balaban J connectivity index is 4.83. The molecular weight excluding hydrogens is 407 g/mol. The number of hydrogen-bond donors (Lipinski definition) is 0. The molecule has 0 saturated heterocycles. The van der Waals surface area contributed by atoms with Gasteiger partial charge in [-0.25, -0.2) is 0 Å². The van der Waals surface area contributed by atoms with E-state index < -0.39 is 8.32 Å². The molecule has 0 rings (SSSR count). The molecule has 3 atom stereocenters. The van der Waals surface area contributed by atoms with E-state index in [1.807, 2.05) is 0 Å². The molecule has 5 heteroatoms. The van der Waals surface area contributed by atoms with E-state index in [1.165, 1.54) is 3.58 Å². The molecule has 0 fully saturated rings. The summed E-state index contributed by atoms with van der Waals surface area (Å²) in [6.07, 6.45) is 2.36. The van der Waals surface area contributed by atoms with E-state index in [4.69, 9.17) is 13.9 Å². The van der Waals surface area contributed by atoms with Crippen LogP contribution in [0.25, 0.3) is 0 Å². The molecule has 1 unspecified atom stereocenters. The maximum absolute atomic E-state index is 6.37. The van der Waals surface area contributed by atoms with Gasteiger partial charge in [0.05, 0.1) is 6.10 Å². The Morgan fingerprint density at radius 2 is 1.77 bits per heavy atom. The van der Waals surface area contributed by atoms with Crippen molar-refractivity contribution in [3.8, 4) is 0 Å². The monoisotopic (exact) mass is 442 g/mol. The van der Waals surface area contributed by atoms with Gasteiger partial charge in [0.25, 0.3) is 0 Å². The summed E-state index contributed by atoms with van der Waals surface area (Å²) in [5.74, 6) is 0.663. The molecule has 0 N–H and O–H groups in total. The van der Waals surface area contributed by atoms with Gasteiger partial charge in [-0.2, -0.15) is 0 Å². The Morgan fingerprint density at radius 1 is 1.23 bits per heavy atom. The molecule has 0 radical (unpaired) electrons. The van der Waals surface area contributed by atoms with Gasteiger partial charge in [-0.15, -0.1) is 0 Å². The number of methoxy groups -OCH3 is 1. The third-order valence-corrected chi connectivity index (χ3v) is 9.32. The van der Waals surface area contributed by atoms with Crippen molar-refractivity contribution >= 4 is 30.9 Å². The van der Waals surface area contributed by atoms with Crippen molar-refractivity contribution in [2.75, 3.05) is 20.5 Å². The fraction of sp³-hybridized carbons (Fsp3) is 0.882. The molecule has 0 amide bonds.